The number of hydrogen-bond donors (Lipinski definition) is 1. The van der Waals surface area contributed by atoms with Crippen LogP contribution in [0.4, 0.5) is 0 Å². The lowest BCUT2D eigenvalue weighted by atomic mass is 9.96. The predicted molar refractivity (Wildman–Crippen MR) is 87.6 cm³/mol. The molecular formula is C16H17Cl2N3O. The summed E-state index contributed by atoms with van der Waals surface area (Å²) in [7, 11) is 0. The van der Waals surface area contributed by atoms with Gasteiger partial charge in [-0.3, -0.25) is 4.98 Å². The summed E-state index contributed by atoms with van der Waals surface area (Å²) in [5.41, 5.74) is 1.88. The minimum atomic E-state index is -0.131. The molecule has 0 aliphatic carbocycles. The Hall–Kier alpha value is -1.36. The summed E-state index contributed by atoms with van der Waals surface area (Å²) < 4.78 is 6.22. The van der Waals surface area contributed by atoms with Gasteiger partial charge in [0.25, 0.3) is 0 Å². The largest absolute Gasteiger partial charge is 0.469 e. The first-order valence-electron chi connectivity index (χ1n) is 7.23. The van der Waals surface area contributed by atoms with Crippen molar-refractivity contribution < 1.29 is 4.74 Å². The molecule has 1 aliphatic rings. The molecule has 1 fully saturated rings. The number of aromatic nitrogens is 2. The van der Waals surface area contributed by atoms with E-state index >= 15 is 0 Å². The van der Waals surface area contributed by atoms with Crippen LogP contribution in [-0.2, 0) is 0 Å². The van der Waals surface area contributed by atoms with E-state index in [1.54, 1.807) is 18.6 Å². The summed E-state index contributed by atoms with van der Waals surface area (Å²) in [5, 5.41) is 4.59. The van der Waals surface area contributed by atoms with Crippen LogP contribution in [0.15, 0.2) is 30.7 Å². The van der Waals surface area contributed by atoms with Gasteiger partial charge < -0.3 is 10.1 Å². The Bertz CT molecular complexity index is 660. The fourth-order valence-electron chi connectivity index (χ4n) is 2.73. The van der Waals surface area contributed by atoms with Gasteiger partial charge in [-0.2, -0.15) is 0 Å². The molecule has 1 saturated heterocycles. The highest BCUT2D eigenvalue weighted by atomic mass is 35.5. The number of halogens is 2. The molecule has 0 aromatic carbocycles. The van der Waals surface area contributed by atoms with Crippen molar-refractivity contribution in [3.05, 3.63) is 51.9 Å². The van der Waals surface area contributed by atoms with Gasteiger partial charge in [0.05, 0.1) is 10.0 Å². The SMILES string of the molecule is Cc1cc(Cl)cnc1O[C@H](c1cncc(Cl)c1)[C@@H]1CCNC1. The lowest BCUT2D eigenvalue weighted by Crippen LogP contribution is -2.22. The normalized spacial score (nSPS) is 19.1. The zero-order chi connectivity index (χ0) is 15.5. The Morgan fingerprint density at radius 1 is 1.23 bits per heavy atom. The first kappa shape index (κ1) is 15.5. The van der Waals surface area contributed by atoms with E-state index in [9.17, 15) is 0 Å². The second kappa shape index (κ2) is 6.82. The van der Waals surface area contributed by atoms with Crippen molar-refractivity contribution in [1.82, 2.24) is 15.3 Å². The Kier molecular flexibility index (Phi) is 4.81. The molecular weight excluding hydrogens is 321 g/mol. The molecule has 2 atom stereocenters. The van der Waals surface area contributed by atoms with Crippen molar-refractivity contribution in [2.75, 3.05) is 13.1 Å². The van der Waals surface area contributed by atoms with Crippen LogP contribution in [0.5, 0.6) is 5.88 Å². The van der Waals surface area contributed by atoms with Gasteiger partial charge in [0, 0.05) is 42.2 Å². The average Bonchev–Trinajstić information content (AvgIpc) is 3.00. The fourth-order valence-corrected chi connectivity index (χ4v) is 3.12. The molecule has 2 aromatic rings. The van der Waals surface area contributed by atoms with E-state index in [0.29, 0.717) is 21.8 Å². The number of ether oxygens (including phenoxy) is 1. The number of rotatable bonds is 4. The smallest absolute Gasteiger partial charge is 0.216 e. The molecule has 22 heavy (non-hydrogen) atoms. The molecule has 1 aliphatic heterocycles. The Labute approximate surface area is 139 Å². The van der Waals surface area contributed by atoms with Crippen molar-refractivity contribution >= 4 is 23.2 Å². The van der Waals surface area contributed by atoms with E-state index < -0.39 is 0 Å². The van der Waals surface area contributed by atoms with Gasteiger partial charge in [-0.1, -0.05) is 23.2 Å². The number of nitrogens with zero attached hydrogens (tertiary/aromatic N) is 2. The van der Waals surface area contributed by atoms with Crippen LogP contribution in [0, 0.1) is 12.8 Å². The maximum absolute atomic E-state index is 6.22. The van der Waals surface area contributed by atoms with Gasteiger partial charge in [0.1, 0.15) is 6.10 Å². The van der Waals surface area contributed by atoms with Crippen molar-refractivity contribution in [2.45, 2.75) is 19.4 Å². The van der Waals surface area contributed by atoms with Crippen LogP contribution in [-0.4, -0.2) is 23.1 Å². The second-order valence-electron chi connectivity index (χ2n) is 5.50. The van der Waals surface area contributed by atoms with Crippen LogP contribution in [0.2, 0.25) is 10.0 Å². The zero-order valence-corrected chi connectivity index (χ0v) is 13.7. The Balaban J connectivity index is 1.91. The number of pyridine rings is 2. The van der Waals surface area contributed by atoms with Gasteiger partial charge in [0.2, 0.25) is 5.88 Å². The van der Waals surface area contributed by atoms with E-state index in [-0.39, 0.29) is 6.10 Å². The molecule has 1 N–H and O–H groups in total. The van der Waals surface area contributed by atoms with Gasteiger partial charge in [-0.05, 0) is 32.0 Å². The molecule has 116 valence electrons. The van der Waals surface area contributed by atoms with Crippen LogP contribution >= 0.6 is 23.2 Å². The summed E-state index contributed by atoms with van der Waals surface area (Å²) in [6.07, 6.45) is 5.95. The minimum Gasteiger partial charge on any atom is -0.469 e. The van der Waals surface area contributed by atoms with Gasteiger partial charge in [-0.15, -0.1) is 0 Å². The molecule has 0 spiro atoms. The molecule has 0 bridgehead atoms. The quantitative estimate of drug-likeness (QED) is 0.921. The Morgan fingerprint density at radius 3 is 2.73 bits per heavy atom. The second-order valence-corrected chi connectivity index (χ2v) is 6.38. The third-order valence-corrected chi connectivity index (χ3v) is 4.23. The van der Waals surface area contributed by atoms with Crippen LogP contribution in [0.3, 0.4) is 0 Å². The summed E-state index contributed by atoms with van der Waals surface area (Å²) in [6, 6.07) is 3.76. The number of hydrogen-bond acceptors (Lipinski definition) is 4. The predicted octanol–water partition coefficient (Wildman–Crippen LogP) is 3.82. The highest BCUT2D eigenvalue weighted by Gasteiger charge is 2.29. The average molecular weight is 338 g/mol. The van der Waals surface area contributed by atoms with Gasteiger partial charge >= 0.3 is 0 Å². The Morgan fingerprint density at radius 2 is 2.05 bits per heavy atom. The van der Waals surface area contributed by atoms with Crippen LogP contribution < -0.4 is 10.1 Å². The van der Waals surface area contributed by atoms with Crippen molar-refractivity contribution in [3.8, 4) is 5.88 Å². The summed E-state index contributed by atoms with van der Waals surface area (Å²) >= 11 is 12.0. The zero-order valence-electron chi connectivity index (χ0n) is 12.2. The molecule has 2 aromatic heterocycles. The van der Waals surface area contributed by atoms with E-state index in [0.717, 1.165) is 30.6 Å². The van der Waals surface area contributed by atoms with Gasteiger partial charge in [-0.25, -0.2) is 4.98 Å². The fraction of sp³-hybridized carbons (Fsp3) is 0.375. The molecule has 4 nitrogen and oxygen atoms in total. The third kappa shape index (κ3) is 3.51. The molecule has 0 saturated carbocycles. The van der Waals surface area contributed by atoms with Crippen molar-refractivity contribution in [3.63, 3.8) is 0 Å². The van der Waals surface area contributed by atoms with E-state index in [2.05, 4.69) is 15.3 Å². The molecule has 0 radical (unpaired) electrons. The monoisotopic (exact) mass is 337 g/mol. The summed E-state index contributed by atoms with van der Waals surface area (Å²) in [4.78, 5) is 8.49. The minimum absolute atomic E-state index is 0.131. The molecule has 3 heterocycles. The lowest BCUT2D eigenvalue weighted by Gasteiger charge is -2.24. The van der Waals surface area contributed by atoms with E-state index in [1.807, 2.05) is 19.1 Å². The van der Waals surface area contributed by atoms with Gasteiger partial charge in [0.15, 0.2) is 0 Å². The maximum atomic E-state index is 6.22. The standard InChI is InChI=1S/C16H17Cl2N3O/c1-10-4-13(17)9-21-16(10)22-15(11-2-3-19-6-11)12-5-14(18)8-20-7-12/h4-5,7-9,11,15,19H,2-3,6H2,1H3/t11-,15+/m1/s1. The molecule has 0 amide bonds. The van der Waals surface area contributed by atoms with Crippen molar-refractivity contribution in [1.29, 1.82) is 0 Å². The molecule has 6 heteroatoms. The van der Waals surface area contributed by atoms with Crippen molar-refractivity contribution in [2.24, 2.45) is 5.92 Å². The lowest BCUT2D eigenvalue weighted by molar-refractivity contribution is 0.136. The first-order valence-corrected chi connectivity index (χ1v) is 7.99. The topological polar surface area (TPSA) is 47.0 Å². The molecule has 0 unspecified atom stereocenters. The maximum Gasteiger partial charge on any atom is 0.216 e. The highest BCUT2D eigenvalue weighted by molar-refractivity contribution is 6.30. The van der Waals surface area contributed by atoms with E-state index in [4.69, 9.17) is 27.9 Å². The highest BCUT2D eigenvalue weighted by Crippen LogP contribution is 2.33. The number of nitrogens with one attached hydrogen (secondary N) is 1. The molecule has 3 rings (SSSR count). The van der Waals surface area contributed by atoms with E-state index in [1.165, 1.54) is 0 Å². The third-order valence-electron chi connectivity index (χ3n) is 3.82. The summed E-state index contributed by atoms with van der Waals surface area (Å²) in [5.74, 6) is 0.957. The summed E-state index contributed by atoms with van der Waals surface area (Å²) in [6.45, 7) is 3.84. The first-order chi connectivity index (χ1) is 10.6. The number of aryl methyl sites for hydroxylation is 1. The van der Waals surface area contributed by atoms with Crippen LogP contribution in [0.1, 0.15) is 23.7 Å². The van der Waals surface area contributed by atoms with Crippen LogP contribution in [0.25, 0.3) is 0 Å².